The van der Waals surface area contributed by atoms with Gasteiger partial charge in [-0.1, -0.05) is 54.2 Å². The largest absolute Gasteiger partial charge is 0.338 e. The minimum absolute atomic E-state index is 0.0229. The Labute approximate surface area is 159 Å². The summed E-state index contributed by atoms with van der Waals surface area (Å²) in [5.41, 5.74) is 2.34. The lowest BCUT2D eigenvalue weighted by Gasteiger charge is -2.08. The van der Waals surface area contributed by atoms with Crippen molar-refractivity contribution in [1.82, 2.24) is 20.1 Å². The van der Waals surface area contributed by atoms with Crippen molar-refractivity contribution in [2.45, 2.75) is 37.0 Å². The molecule has 0 aliphatic carbocycles. The maximum absolute atomic E-state index is 5.44. The highest BCUT2D eigenvalue weighted by molar-refractivity contribution is 7.99. The zero-order chi connectivity index (χ0) is 17.9. The molecular formula is C19H18N4OS2. The third kappa shape index (κ3) is 3.37. The number of aryl methyl sites for hydroxylation is 1. The number of fused-ring (bicyclic) bond motifs is 1. The van der Waals surface area contributed by atoms with Gasteiger partial charge in [-0.15, -0.1) is 11.3 Å². The molecule has 0 amide bonds. The van der Waals surface area contributed by atoms with Crippen LogP contribution >= 0.6 is 23.1 Å². The monoisotopic (exact) mass is 382 g/mol. The molecule has 5 nitrogen and oxygen atoms in total. The molecule has 4 rings (SSSR count). The van der Waals surface area contributed by atoms with Gasteiger partial charge in [0.1, 0.15) is 16.2 Å². The van der Waals surface area contributed by atoms with Gasteiger partial charge in [0.05, 0.1) is 10.6 Å². The van der Waals surface area contributed by atoms with Crippen LogP contribution in [0.3, 0.4) is 0 Å². The van der Waals surface area contributed by atoms with Gasteiger partial charge in [-0.25, -0.2) is 9.97 Å². The first-order valence-corrected chi connectivity index (χ1v) is 10.3. The van der Waals surface area contributed by atoms with Crippen LogP contribution in [-0.2, 0) is 6.42 Å². The third-order valence-electron chi connectivity index (χ3n) is 4.01. The van der Waals surface area contributed by atoms with Gasteiger partial charge < -0.3 is 4.52 Å². The van der Waals surface area contributed by atoms with Crippen LogP contribution in [0.2, 0.25) is 0 Å². The van der Waals surface area contributed by atoms with E-state index < -0.39 is 0 Å². The summed E-state index contributed by atoms with van der Waals surface area (Å²) in [4.78, 5) is 14.5. The smallest absolute Gasteiger partial charge is 0.239 e. The molecular weight excluding hydrogens is 364 g/mol. The fraction of sp³-hybridized carbons (Fsp3) is 0.263. The summed E-state index contributed by atoms with van der Waals surface area (Å²) < 4.78 is 5.44. The van der Waals surface area contributed by atoms with Crippen LogP contribution in [0.25, 0.3) is 21.3 Å². The van der Waals surface area contributed by atoms with Crippen LogP contribution in [0.4, 0.5) is 0 Å². The predicted octanol–water partition coefficient (Wildman–Crippen LogP) is 5.55. The van der Waals surface area contributed by atoms with Gasteiger partial charge in [0.25, 0.3) is 0 Å². The van der Waals surface area contributed by atoms with Crippen molar-refractivity contribution in [3.05, 3.63) is 53.8 Å². The van der Waals surface area contributed by atoms with Gasteiger partial charge in [0.15, 0.2) is 5.82 Å². The summed E-state index contributed by atoms with van der Waals surface area (Å²) in [7, 11) is 0. The minimum Gasteiger partial charge on any atom is -0.338 e. The Hall–Kier alpha value is -2.25. The highest BCUT2D eigenvalue weighted by Crippen LogP contribution is 2.42. The van der Waals surface area contributed by atoms with E-state index in [2.05, 4.69) is 51.5 Å². The van der Waals surface area contributed by atoms with E-state index in [4.69, 9.17) is 4.52 Å². The van der Waals surface area contributed by atoms with Crippen molar-refractivity contribution < 1.29 is 4.52 Å². The van der Waals surface area contributed by atoms with Crippen LogP contribution in [0.15, 0.2) is 51.6 Å². The lowest BCUT2D eigenvalue weighted by molar-refractivity contribution is 0.374. The fourth-order valence-electron chi connectivity index (χ4n) is 2.74. The van der Waals surface area contributed by atoms with Crippen LogP contribution in [-0.4, -0.2) is 20.1 Å². The standard InChI is InChI=1S/C19H18N4OS2/c1-3-7-15-22-17(24-23-15)12(2)26-19-16-14(13-8-5-4-6-9-13)10-25-18(16)20-11-21-19/h4-6,8-12H,3,7H2,1-2H3. The second kappa shape index (κ2) is 7.55. The number of hydrogen-bond donors (Lipinski definition) is 0. The first-order chi connectivity index (χ1) is 12.8. The van der Waals surface area contributed by atoms with Crippen LogP contribution in [0, 0.1) is 0 Å². The average molecular weight is 383 g/mol. The van der Waals surface area contributed by atoms with Gasteiger partial charge >= 0.3 is 0 Å². The summed E-state index contributed by atoms with van der Waals surface area (Å²) in [5.74, 6) is 1.41. The lowest BCUT2D eigenvalue weighted by Crippen LogP contribution is -1.93. The van der Waals surface area contributed by atoms with Crippen molar-refractivity contribution in [3.63, 3.8) is 0 Å². The summed E-state index contributed by atoms with van der Waals surface area (Å²) >= 11 is 3.27. The van der Waals surface area contributed by atoms with E-state index in [1.807, 2.05) is 18.2 Å². The molecule has 3 heterocycles. The number of thiophene rings is 1. The quantitative estimate of drug-likeness (QED) is 0.322. The highest BCUT2D eigenvalue weighted by atomic mass is 32.2. The zero-order valence-electron chi connectivity index (χ0n) is 14.5. The van der Waals surface area contributed by atoms with Crippen molar-refractivity contribution in [1.29, 1.82) is 0 Å². The van der Waals surface area contributed by atoms with Crippen molar-refractivity contribution in [2.24, 2.45) is 0 Å². The average Bonchev–Trinajstić information content (AvgIpc) is 3.30. The molecule has 7 heteroatoms. The maximum Gasteiger partial charge on any atom is 0.239 e. The topological polar surface area (TPSA) is 64.7 Å². The molecule has 132 valence electrons. The number of hydrogen-bond acceptors (Lipinski definition) is 7. The van der Waals surface area contributed by atoms with E-state index in [0.29, 0.717) is 5.89 Å². The van der Waals surface area contributed by atoms with Crippen molar-refractivity contribution in [2.75, 3.05) is 0 Å². The Morgan fingerprint density at radius 1 is 1.19 bits per heavy atom. The fourth-order valence-corrected chi connectivity index (χ4v) is 4.69. The molecule has 0 radical (unpaired) electrons. The van der Waals surface area contributed by atoms with Crippen molar-refractivity contribution >= 4 is 33.3 Å². The van der Waals surface area contributed by atoms with Gasteiger partial charge in [-0.3, -0.25) is 0 Å². The number of thioether (sulfide) groups is 1. The molecule has 0 bridgehead atoms. The van der Waals surface area contributed by atoms with E-state index in [1.165, 1.54) is 5.56 Å². The van der Waals surface area contributed by atoms with E-state index >= 15 is 0 Å². The maximum atomic E-state index is 5.44. The van der Waals surface area contributed by atoms with Crippen molar-refractivity contribution in [3.8, 4) is 11.1 Å². The zero-order valence-corrected chi connectivity index (χ0v) is 16.2. The van der Waals surface area contributed by atoms with Crippen LogP contribution in [0.5, 0.6) is 0 Å². The summed E-state index contributed by atoms with van der Waals surface area (Å²) in [6, 6.07) is 10.3. The molecule has 1 aromatic carbocycles. The first-order valence-electron chi connectivity index (χ1n) is 8.53. The molecule has 0 aliphatic heterocycles. The van der Waals surface area contributed by atoms with Crippen LogP contribution in [0.1, 0.15) is 37.2 Å². The van der Waals surface area contributed by atoms with Gasteiger partial charge in [-0.2, -0.15) is 4.98 Å². The van der Waals surface area contributed by atoms with E-state index in [0.717, 1.165) is 39.5 Å². The van der Waals surface area contributed by atoms with E-state index in [-0.39, 0.29) is 5.25 Å². The number of nitrogens with zero attached hydrogens (tertiary/aromatic N) is 4. The van der Waals surface area contributed by atoms with E-state index in [1.54, 1.807) is 29.4 Å². The predicted molar refractivity (Wildman–Crippen MR) is 105 cm³/mol. The van der Waals surface area contributed by atoms with Crippen LogP contribution < -0.4 is 0 Å². The number of aromatic nitrogens is 4. The van der Waals surface area contributed by atoms with E-state index in [9.17, 15) is 0 Å². The van der Waals surface area contributed by atoms with Gasteiger partial charge in [0, 0.05) is 17.4 Å². The Morgan fingerprint density at radius 3 is 2.85 bits per heavy atom. The molecule has 0 fully saturated rings. The Morgan fingerprint density at radius 2 is 2.04 bits per heavy atom. The SMILES string of the molecule is CCCc1noc(C(C)Sc2ncnc3scc(-c4ccccc4)c23)n1. The summed E-state index contributed by atoms with van der Waals surface area (Å²) in [6.07, 6.45) is 3.46. The molecule has 0 N–H and O–H groups in total. The normalized spacial score (nSPS) is 12.5. The molecule has 0 spiro atoms. The molecule has 1 atom stereocenters. The Bertz CT molecular complexity index is 1010. The molecule has 26 heavy (non-hydrogen) atoms. The van der Waals surface area contributed by atoms with Gasteiger partial charge in [0.2, 0.25) is 5.89 Å². The Kier molecular flexibility index (Phi) is 4.99. The molecule has 1 unspecified atom stereocenters. The second-order valence-electron chi connectivity index (χ2n) is 5.93. The highest BCUT2D eigenvalue weighted by Gasteiger charge is 2.20. The number of benzene rings is 1. The molecule has 0 saturated heterocycles. The number of rotatable bonds is 6. The Balaban J connectivity index is 1.69. The molecule has 0 saturated carbocycles. The van der Waals surface area contributed by atoms with Gasteiger partial charge in [-0.05, 0) is 18.9 Å². The molecule has 4 aromatic rings. The summed E-state index contributed by atoms with van der Waals surface area (Å²) in [5, 5.41) is 8.26. The first kappa shape index (κ1) is 17.2. The molecule has 0 aliphatic rings. The third-order valence-corrected chi connectivity index (χ3v) is 5.99. The minimum atomic E-state index is 0.0229. The molecule has 3 aromatic heterocycles. The lowest BCUT2D eigenvalue weighted by atomic mass is 10.1. The summed E-state index contributed by atoms with van der Waals surface area (Å²) in [6.45, 7) is 4.17. The second-order valence-corrected chi connectivity index (χ2v) is 8.12.